The number of fused-ring (bicyclic) bond motifs is 1. The second-order valence-corrected chi connectivity index (χ2v) is 8.05. The van der Waals surface area contributed by atoms with Gasteiger partial charge in [0.05, 0.1) is 18.7 Å². The van der Waals surface area contributed by atoms with E-state index in [4.69, 9.17) is 4.74 Å². The summed E-state index contributed by atoms with van der Waals surface area (Å²) in [5.74, 6) is -1.08. The maximum Gasteiger partial charge on any atom is 0.295 e. The van der Waals surface area contributed by atoms with Gasteiger partial charge >= 0.3 is 0 Å². The first-order valence-electron chi connectivity index (χ1n) is 10.9. The number of aliphatic hydroxyl groups is 1. The highest BCUT2D eigenvalue weighted by Gasteiger charge is 2.47. The van der Waals surface area contributed by atoms with Gasteiger partial charge in [0.15, 0.2) is 0 Å². The third-order valence-corrected chi connectivity index (χ3v) is 6.12. The SMILES string of the molecule is COc1ccccc1C1/C(=C(\O)c2cccc3ccccc23)C(=O)C(=O)N1Cc1ccncc1. The average molecular weight is 450 g/mol. The van der Waals surface area contributed by atoms with Crippen LogP contribution in [0, 0.1) is 0 Å². The summed E-state index contributed by atoms with van der Waals surface area (Å²) >= 11 is 0. The van der Waals surface area contributed by atoms with Crippen LogP contribution >= 0.6 is 0 Å². The molecule has 0 radical (unpaired) electrons. The number of nitrogens with zero attached hydrogens (tertiary/aromatic N) is 2. The molecule has 0 spiro atoms. The van der Waals surface area contributed by atoms with Crippen molar-refractivity contribution >= 4 is 28.2 Å². The molecule has 5 rings (SSSR count). The molecule has 1 aromatic heterocycles. The molecular weight excluding hydrogens is 428 g/mol. The standard InChI is InChI=1S/C28H22N2O4/c1-34-23-12-5-4-10-22(23)25-24(26(31)21-11-6-8-19-7-2-3-9-20(19)21)27(32)28(33)30(25)17-18-13-15-29-16-14-18/h2-16,25,31H,17H2,1H3/b26-24+. The number of methoxy groups -OCH3 is 1. The highest BCUT2D eigenvalue weighted by atomic mass is 16.5. The molecule has 34 heavy (non-hydrogen) atoms. The zero-order chi connectivity index (χ0) is 23.7. The lowest BCUT2D eigenvalue weighted by atomic mass is 9.93. The molecule has 2 heterocycles. The molecule has 0 saturated carbocycles. The maximum atomic E-state index is 13.4. The predicted octanol–water partition coefficient (Wildman–Crippen LogP) is 4.87. The Kier molecular flexibility index (Phi) is 5.55. The predicted molar refractivity (Wildman–Crippen MR) is 129 cm³/mol. The molecule has 0 aliphatic carbocycles. The number of pyridine rings is 1. The number of hydrogen-bond acceptors (Lipinski definition) is 5. The third kappa shape index (κ3) is 3.59. The fourth-order valence-electron chi connectivity index (χ4n) is 4.52. The van der Waals surface area contributed by atoms with Gasteiger partial charge in [0, 0.05) is 30.1 Å². The minimum absolute atomic E-state index is 0.0416. The Bertz CT molecular complexity index is 1420. The van der Waals surface area contributed by atoms with Crippen LogP contribution in [0.5, 0.6) is 5.75 Å². The fraction of sp³-hybridized carbons (Fsp3) is 0.107. The molecule has 1 atom stereocenters. The van der Waals surface area contributed by atoms with E-state index in [1.54, 1.807) is 43.8 Å². The molecular formula is C28H22N2O4. The normalized spacial score (nSPS) is 17.3. The summed E-state index contributed by atoms with van der Waals surface area (Å²) in [5.41, 5.74) is 1.99. The number of rotatable bonds is 5. The Balaban J connectivity index is 1.74. The molecule has 3 aromatic carbocycles. The van der Waals surface area contributed by atoms with Crippen LogP contribution in [0.3, 0.4) is 0 Å². The van der Waals surface area contributed by atoms with Crippen molar-refractivity contribution in [1.82, 2.24) is 9.88 Å². The first-order valence-corrected chi connectivity index (χ1v) is 10.9. The van der Waals surface area contributed by atoms with E-state index in [1.165, 1.54) is 4.90 Å². The molecule has 1 amide bonds. The number of para-hydroxylation sites is 1. The van der Waals surface area contributed by atoms with Crippen molar-refractivity contribution in [2.45, 2.75) is 12.6 Å². The van der Waals surface area contributed by atoms with Crippen LogP contribution in [0.2, 0.25) is 0 Å². The number of carbonyl (C=O) groups is 2. The summed E-state index contributed by atoms with van der Waals surface area (Å²) in [6, 6.07) is 23.1. The summed E-state index contributed by atoms with van der Waals surface area (Å²) in [6.45, 7) is 0.183. The van der Waals surface area contributed by atoms with Crippen molar-refractivity contribution in [3.05, 3.63) is 114 Å². The number of hydrogen-bond donors (Lipinski definition) is 1. The monoisotopic (exact) mass is 450 g/mol. The molecule has 0 bridgehead atoms. The van der Waals surface area contributed by atoms with Crippen LogP contribution < -0.4 is 4.74 Å². The van der Waals surface area contributed by atoms with E-state index in [1.807, 2.05) is 54.6 Å². The summed E-state index contributed by atoms with van der Waals surface area (Å²) in [5, 5.41) is 13.2. The Hall–Kier alpha value is -4.45. The van der Waals surface area contributed by atoms with Crippen LogP contribution in [-0.4, -0.2) is 33.8 Å². The van der Waals surface area contributed by atoms with Gasteiger partial charge in [0.2, 0.25) is 0 Å². The van der Waals surface area contributed by atoms with E-state index in [2.05, 4.69) is 4.98 Å². The molecule has 168 valence electrons. The number of ether oxygens (including phenoxy) is 1. The number of ketones is 1. The van der Waals surface area contributed by atoms with Gasteiger partial charge in [-0.05, 0) is 34.5 Å². The van der Waals surface area contributed by atoms with Crippen LogP contribution in [0.4, 0.5) is 0 Å². The van der Waals surface area contributed by atoms with Gasteiger partial charge < -0.3 is 14.7 Å². The number of benzene rings is 3. The van der Waals surface area contributed by atoms with E-state index in [0.717, 1.165) is 16.3 Å². The summed E-state index contributed by atoms with van der Waals surface area (Å²) in [6.07, 6.45) is 3.28. The summed E-state index contributed by atoms with van der Waals surface area (Å²) in [7, 11) is 1.54. The molecule has 1 N–H and O–H groups in total. The van der Waals surface area contributed by atoms with Gasteiger partial charge in [-0.25, -0.2) is 0 Å². The lowest BCUT2D eigenvalue weighted by Crippen LogP contribution is -2.29. The lowest BCUT2D eigenvalue weighted by molar-refractivity contribution is -0.140. The van der Waals surface area contributed by atoms with Crippen molar-refractivity contribution in [2.75, 3.05) is 7.11 Å². The smallest absolute Gasteiger partial charge is 0.295 e. The molecule has 6 heteroatoms. The van der Waals surface area contributed by atoms with Crippen molar-refractivity contribution in [3.63, 3.8) is 0 Å². The quantitative estimate of drug-likeness (QED) is 0.267. The van der Waals surface area contributed by atoms with Gasteiger partial charge in [-0.2, -0.15) is 0 Å². The first-order chi connectivity index (χ1) is 16.6. The van der Waals surface area contributed by atoms with Gasteiger partial charge in [-0.3, -0.25) is 14.6 Å². The zero-order valence-electron chi connectivity index (χ0n) is 18.5. The third-order valence-electron chi connectivity index (χ3n) is 6.12. The molecule has 1 aliphatic heterocycles. The van der Waals surface area contributed by atoms with E-state index in [9.17, 15) is 14.7 Å². The molecule has 6 nitrogen and oxygen atoms in total. The highest BCUT2D eigenvalue weighted by Crippen LogP contribution is 2.44. The minimum atomic E-state index is -0.816. The molecule has 4 aromatic rings. The van der Waals surface area contributed by atoms with Crippen LogP contribution in [0.1, 0.15) is 22.7 Å². The van der Waals surface area contributed by atoms with Gasteiger partial charge in [-0.15, -0.1) is 0 Å². The Labute approximate surface area is 196 Å². The van der Waals surface area contributed by atoms with Crippen LogP contribution in [0.15, 0.2) is 96.8 Å². The van der Waals surface area contributed by atoms with E-state index < -0.39 is 17.7 Å². The van der Waals surface area contributed by atoms with E-state index >= 15 is 0 Å². The maximum absolute atomic E-state index is 13.4. The number of Topliss-reactive ketones (excluding diaryl/α,β-unsaturated/α-hetero) is 1. The Morgan fingerprint density at radius 1 is 0.941 bits per heavy atom. The number of carbonyl (C=O) groups excluding carboxylic acids is 2. The molecule has 1 aliphatic rings. The molecule has 1 saturated heterocycles. The Morgan fingerprint density at radius 3 is 2.44 bits per heavy atom. The summed E-state index contributed by atoms with van der Waals surface area (Å²) in [4.78, 5) is 32.2. The minimum Gasteiger partial charge on any atom is -0.507 e. The topological polar surface area (TPSA) is 79.7 Å². The summed E-state index contributed by atoms with van der Waals surface area (Å²) < 4.78 is 5.57. The lowest BCUT2D eigenvalue weighted by Gasteiger charge is -2.26. The number of aliphatic hydroxyl groups excluding tert-OH is 1. The van der Waals surface area contributed by atoms with E-state index in [-0.39, 0.29) is 17.9 Å². The van der Waals surface area contributed by atoms with Crippen molar-refractivity contribution in [3.8, 4) is 5.75 Å². The van der Waals surface area contributed by atoms with Crippen molar-refractivity contribution in [2.24, 2.45) is 0 Å². The molecule has 1 fully saturated rings. The second-order valence-electron chi connectivity index (χ2n) is 8.05. The first kappa shape index (κ1) is 21.4. The van der Waals surface area contributed by atoms with Crippen LogP contribution in [0.25, 0.3) is 16.5 Å². The Morgan fingerprint density at radius 2 is 1.65 bits per heavy atom. The zero-order valence-corrected chi connectivity index (χ0v) is 18.5. The van der Waals surface area contributed by atoms with Gasteiger partial charge in [0.25, 0.3) is 11.7 Å². The highest BCUT2D eigenvalue weighted by molar-refractivity contribution is 6.46. The van der Waals surface area contributed by atoms with Crippen LogP contribution in [-0.2, 0) is 16.1 Å². The number of amides is 1. The number of likely N-dealkylation sites (tertiary alicyclic amines) is 1. The van der Waals surface area contributed by atoms with Crippen molar-refractivity contribution < 1.29 is 19.4 Å². The largest absolute Gasteiger partial charge is 0.507 e. The van der Waals surface area contributed by atoms with E-state index in [0.29, 0.717) is 16.9 Å². The molecule has 1 unspecified atom stereocenters. The van der Waals surface area contributed by atoms with Gasteiger partial charge in [0.1, 0.15) is 11.5 Å². The van der Waals surface area contributed by atoms with Crippen molar-refractivity contribution in [1.29, 1.82) is 0 Å². The second kappa shape index (κ2) is 8.83. The number of aromatic nitrogens is 1. The van der Waals surface area contributed by atoms with Gasteiger partial charge in [-0.1, -0.05) is 60.7 Å². The average Bonchev–Trinajstić information content (AvgIpc) is 3.13. The fourth-order valence-corrected chi connectivity index (χ4v) is 4.52.